The first-order chi connectivity index (χ1) is 8.60. The van der Waals surface area contributed by atoms with Gasteiger partial charge in [0.15, 0.2) is 0 Å². The molecule has 1 aromatic heterocycles. The Morgan fingerprint density at radius 3 is 2.68 bits per heavy atom. The first-order valence-corrected chi connectivity index (χ1v) is 6.11. The van der Waals surface area contributed by atoms with Gasteiger partial charge in [-0.05, 0) is 17.5 Å². The molecule has 0 atom stereocenters. The topological polar surface area (TPSA) is 43.8 Å². The van der Waals surface area contributed by atoms with Crippen LogP contribution in [-0.2, 0) is 13.1 Å². The summed E-state index contributed by atoms with van der Waals surface area (Å²) in [5.41, 5.74) is 7.65. The standard InChI is InChI=1S/C14H18FN3.ClH/c1-10(2)8-18-9-12(7-17-18)13-4-3-11(6-16)5-14(13)15;/h3-5,7,9-10H,6,8,16H2,1-2H3;1H. The summed E-state index contributed by atoms with van der Waals surface area (Å²) in [6, 6.07) is 5.08. The Labute approximate surface area is 119 Å². The van der Waals surface area contributed by atoms with Crippen LogP contribution in [0.2, 0.25) is 0 Å². The number of hydrogen-bond donors (Lipinski definition) is 1. The molecule has 5 heteroatoms. The molecule has 1 aromatic carbocycles. The predicted molar refractivity (Wildman–Crippen MR) is 77.6 cm³/mol. The highest BCUT2D eigenvalue weighted by Crippen LogP contribution is 2.23. The van der Waals surface area contributed by atoms with E-state index in [9.17, 15) is 4.39 Å². The molecule has 3 nitrogen and oxygen atoms in total. The molecule has 0 fully saturated rings. The van der Waals surface area contributed by atoms with Crippen molar-refractivity contribution in [2.75, 3.05) is 0 Å². The van der Waals surface area contributed by atoms with E-state index in [4.69, 9.17) is 5.73 Å². The largest absolute Gasteiger partial charge is 0.326 e. The molecule has 0 bridgehead atoms. The fourth-order valence-electron chi connectivity index (χ4n) is 1.90. The minimum Gasteiger partial charge on any atom is -0.326 e. The molecule has 2 N–H and O–H groups in total. The third-order valence-electron chi connectivity index (χ3n) is 2.77. The number of benzene rings is 1. The van der Waals surface area contributed by atoms with Crippen LogP contribution in [0.4, 0.5) is 4.39 Å². The van der Waals surface area contributed by atoms with Crippen molar-refractivity contribution in [1.82, 2.24) is 9.78 Å². The van der Waals surface area contributed by atoms with Gasteiger partial charge in [-0.15, -0.1) is 12.4 Å². The SMILES string of the molecule is CC(C)Cn1cc(-c2ccc(CN)cc2F)cn1.Cl. The first-order valence-electron chi connectivity index (χ1n) is 6.11. The summed E-state index contributed by atoms with van der Waals surface area (Å²) in [7, 11) is 0. The van der Waals surface area contributed by atoms with Crippen molar-refractivity contribution in [1.29, 1.82) is 0 Å². The van der Waals surface area contributed by atoms with E-state index < -0.39 is 0 Å². The summed E-state index contributed by atoms with van der Waals surface area (Å²) in [5.74, 6) is 0.268. The van der Waals surface area contributed by atoms with Crippen LogP contribution < -0.4 is 5.73 Å². The van der Waals surface area contributed by atoms with E-state index in [1.54, 1.807) is 12.3 Å². The number of aromatic nitrogens is 2. The minimum atomic E-state index is -0.248. The molecule has 0 radical (unpaired) electrons. The van der Waals surface area contributed by atoms with Gasteiger partial charge in [-0.1, -0.05) is 26.0 Å². The Hall–Kier alpha value is -1.39. The summed E-state index contributed by atoms with van der Waals surface area (Å²) < 4.78 is 15.7. The maximum Gasteiger partial charge on any atom is 0.131 e. The molecule has 0 aliphatic heterocycles. The van der Waals surface area contributed by atoms with Gasteiger partial charge in [-0.25, -0.2) is 4.39 Å². The molecule has 0 aliphatic carbocycles. The van der Waals surface area contributed by atoms with Gasteiger partial charge >= 0.3 is 0 Å². The molecule has 1 heterocycles. The van der Waals surface area contributed by atoms with Crippen molar-refractivity contribution < 1.29 is 4.39 Å². The van der Waals surface area contributed by atoms with E-state index in [0.717, 1.165) is 17.7 Å². The summed E-state index contributed by atoms with van der Waals surface area (Å²) in [6.07, 6.45) is 3.57. The van der Waals surface area contributed by atoms with Crippen molar-refractivity contribution >= 4 is 12.4 Å². The smallest absolute Gasteiger partial charge is 0.131 e. The Morgan fingerprint density at radius 2 is 2.11 bits per heavy atom. The number of nitrogens with two attached hydrogens (primary N) is 1. The van der Waals surface area contributed by atoms with Gasteiger partial charge in [0, 0.05) is 30.4 Å². The Bertz CT molecular complexity index is 537. The second-order valence-corrected chi connectivity index (χ2v) is 4.86. The number of halogens is 2. The van der Waals surface area contributed by atoms with Crippen molar-refractivity contribution in [2.45, 2.75) is 26.9 Å². The zero-order valence-electron chi connectivity index (χ0n) is 11.1. The van der Waals surface area contributed by atoms with E-state index in [1.807, 2.05) is 16.9 Å². The van der Waals surface area contributed by atoms with Crippen LogP contribution in [0, 0.1) is 11.7 Å². The van der Waals surface area contributed by atoms with E-state index in [0.29, 0.717) is 18.0 Å². The normalized spacial score (nSPS) is 10.6. The monoisotopic (exact) mass is 283 g/mol. The van der Waals surface area contributed by atoms with Gasteiger partial charge in [0.1, 0.15) is 5.82 Å². The molecule has 2 rings (SSSR count). The van der Waals surface area contributed by atoms with E-state index in [2.05, 4.69) is 18.9 Å². The first kappa shape index (κ1) is 15.7. The molecular formula is C14H19ClFN3. The molecule has 0 spiro atoms. The molecule has 0 aliphatic rings. The van der Waals surface area contributed by atoms with Gasteiger partial charge in [0.2, 0.25) is 0 Å². The van der Waals surface area contributed by atoms with Gasteiger partial charge < -0.3 is 5.73 Å². The predicted octanol–water partition coefficient (Wildman–Crippen LogP) is 3.23. The zero-order chi connectivity index (χ0) is 13.1. The molecule has 104 valence electrons. The van der Waals surface area contributed by atoms with Gasteiger partial charge in [0.05, 0.1) is 6.20 Å². The average Bonchev–Trinajstić information content (AvgIpc) is 2.76. The number of nitrogens with zero attached hydrogens (tertiary/aromatic N) is 2. The van der Waals surface area contributed by atoms with Crippen molar-refractivity contribution in [3.8, 4) is 11.1 Å². The maximum atomic E-state index is 13.9. The molecule has 0 saturated heterocycles. The third-order valence-corrected chi connectivity index (χ3v) is 2.77. The lowest BCUT2D eigenvalue weighted by Crippen LogP contribution is -2.04. The Morgan fingerprint density at radius 1 is 1.37 bits per heavy atom. The van der Waals surface area contributed by atoms with Crippen molar-refractivity contribution in [3.05, 3.63) is 42.0 Å². The zero-order valence-corrected chi connectivity index (χ0v) is 12.0. The van der Waals surface area contributed by atoms with E-state index in [-0.39, 0.29) is 18.2 Å². The maximum absolute atomic E-state index is 13.9. The number of rotatable bonds is 4. The summed E-state index contributed by atoms with van der Waals surface area (Å²) >= 11 is 0. The highest BCUT2D eigenvalue weighted by molar-refractivity contribution is 5.85. The summed E-state index contributed by atoms with van der Waals surface area (Å²) in [4.78, 5) is 0. The summed E-state index contributed by atoms with van der Waals surface area (Å²) in [5, 5.41) is 4.24. The molecular weight excluding hydrogens is 265 g/mol. The van der Waals surface area contributed by atoms with Gasteiger partial charge in [-0.3, -0.25) is 4.68 Å². The molecule has 19 heavy (non-hydrogen) atoms. The lowest BCUT2D eigenvalue weighted by molar-refractivity contribution is 0.483. The number of hydrogen-bond acceptors (Lipinski definition) is 2. The van der Waals surface area contributed by atoms with E-state index in [1.165, 1.54) is 6.07 Å². The van der Waals surface area contributed by atoms with Crippen LogP contribution in [-0.4, -0.2) is 9.78 Å². The Kier molecular flexibility index (Phi) is 5.51. The van der Waals surface area contributed by atoms with E-state index >= 15 is 0 Å². The van der Waals surface area contributed by atoms with Crippen LogP contribution in [0.1, 0.15) is 19.4 Å². The van der Waals surface area contributed by atoms with Crippen LogP contribution >= 0.6 is 12.4 Å². The van der Waals surface area contributed by atoms with Gasteiger partial charge in [0.25, 0.3) is 0 Å². The fourth-order valence-corrected chi connectivity index (χ4v) is 1.90. The second-order valence-electron chi connectivity index (χ2n) is 4.86. The van der Waals surface area contributed by atoms with Crippen molar-refractivity contribution in [2.24, 2.45) is 11.7 Å². The average molecular weight is 284 g/mol. The fraction of sp³-hybridized carbons (Fsp3) is 0.357. The van der Waals surface area contributed by atoms with Crippen LogP contribution in [0.15, 0.2) is 30.6 Å². The molecule has 0 saturated carbocycles. The Balaban J connectivity index is 0.00000180. The third kappa shape index (κ3) is 3.78. The lowest BCUT2D eigenvalue weighted by atomic mass is 10.1. The highest BCUT2D eigenvalue weighted by atomic mass is 35.5. The quantitative estimate of drug-likeness (QED) is 0.936. The van der Waals surface area contributed by atoms with Crippen LogP contribution in [0.3, 0.4) is 0 Å². The van der Waals surface area contributed by atoms with Crippen molar-refractivity contribution in [3.63, 3.8) is 0 Å². The summed E-state index contributed by atoms with van der Waals surface area (Å²) in [6.45, 7) is 5.43. The van der Waals surface area contributed by atoms with Crippen LogP contribution in [0.5, 0.6) is 0 Å². The second kappa shape index (κ2) is 6.68. The minimum absolute atomic E-state index is 0. The molecule has 2 aromatic rings. The van der Waals surface area contributed by atoms with Crippen LogP contribution in [0.25, 0.3) is 11.1 Å². The molecule has 0 unspecified atom stereocenters. The van der Waals surface area contributed by atoms with Gasteiger partial charge in [-0.2, -0.15) is 5.10 Å². The highest BCUT2D eigenvalue weighted by Gasteiger charge is 2.08. The lowest BCUT2D eigenvalue weighted by Gasteiger charge is -2.04. The molecule has 0 amide bonds.